The third-order valence-corrected chi connectivity index (χ3v) is 6.78. The highest BCUT2D eigenvalue weighted by atomic mass is 16.6. The number of ether oxygens (including phenoxy) is 1. The fourth-order valence-corrected chi connectivity index (χ4v) is 4.68. The molecule has 0 aromatic heterocycles. The van der Waals surface area contributed by atoms with Gasteiger partial charge in [0, 0.05) is 17.6 Å². The Morgan fingerprint density at radius 2 is 1.91 bits per heavy atom. The van der Waals surface area contributed by atoms with E-state index in [2.05, 4.69) is 6.07 Å². The second kappa shape index (κ2) is 4.37. The van der Waals surface area contributed by atoms with Gasteiger partial charge in [-0.05, 0) is 44.2 Å². The van der Waals surface area contributed by atoms with Crippen molar-refractivity contribution in [2.24, 2.45) is 10.8 Å². The third kappa shape index (κ3) is 1.57. The van der Waals surface area contributed by atoms with Crippen LogP contribution in [0.2, 0.25) is 0 Å². The van der Waals surface area contributed by atoms with Crippen LogP contribution in [0.3, 0.4) is 0 Å². The fraction of sp³-hybridized carbons (Fsp3) is 0.579. The Labute approximate surface area is 136 Å². The quantitative estimate of drug-likeness (QED) is 0.749. The molecule has 2 heterocycles. The average Bonchev–Trinajstić information content (AvgIpc) is 2.84. The Morgan fingerprint density at radius 3 is 2.57 bits per heavy atom. The van der Waals surface area contributed by atoms with Gasteiger partial charge in [0.15, 0.2) is 5.60 Å². The number of para-hydroxylation sites is 1. The van der Waals surface area contributed by atoms with E-state index in [9.17, 15) is 9.59 Å². The number of benzene rings is 1. The monoisotopic (exact) mass is 313 g/mol. The zero-order chi connectivity index (χ0) is 16.5. The maximum atomic E-state index is 13.5. The molecule has 4 rings (SSSR count). The highest BCUT2D eigenvalue weighted by Crippen LogP contribution is 2.66. The maximum Gasteiger partial charge on any atom is 0.313 e. The van der Waals surface area contributed by atoms with E-state index in [-0.39, 0.29) is 11.9 Å². The summed E-state index contributed by atoms with van der Waals surface area (Å²) in [6.45, 7) is 6.67. The number of nitrogens with zero attached hydrogens (tertiary/aromatic N) is 1. The number of esters is 1. The van der Waals surface area contributed by atoms with E-state index in [1.165, 1.54) is 5.56 Å². The zero-order valence-electron chi connectivity index (χ0n) is 14.0. The SMILES string of the molecule is CC1(C)[C@@]2(C)CC[C@]1(C(=O)N1CCCc3ccccc31)OC2=O. The van der Waals surface area contributed by atoms with Gasteiger partial charge in [-0.25, -0.2) is 0 Å². The van der Waals surface area contributed by atoms with E-state index in [4.69, 9.17) is 4.74 Å². The summed E-state index contributed by atoms with van der Waals surface area (Å²) in [5.74, 6) is -0.253. The predicted octanol–water partition coefficient (Wildman–Crippen LogP) is 3.09. The van der Waals surface area contributed by atoms with Crippen LogP contribution >= 0.6 is 0 Å². The first-order chi connectivity index (χ1) is 10.8. The molecule has 2 atom stereocenters. The van der Waals surface area contributed by atoms with E-state index in [0.717, 1.165) is 24.9 Å². The molecule has 1 aromatic carbocycles. The fourth-order valence-electron chi connectivity index (χ4n) is 4.68. The molecule has 0 N–H and O–H groups in total. The minimum absolute atomic E-state index is 0.0378. The lowest BCUT2D eigenvalue weighted by molar-refractivity contribution is -0.167. The molecule has 23 heavy (non-hydrogen) atoms. The van der Waals surface area contributed by atoms with Gasteiger partial charge in [0.1, 0.15) is 0 Å². The van der Waals surface area contributed by atoms with E-state index in [0.29, 0.717) is 13.0 Å². The van der Waals surface area contributed by atoms with Gasteiger partial charge < -0.3 is 9.64 Å². The number of anilines is 1. The van der Waals surface area contributed by atoms with E-state index >= 15 is 0 Å². The van der Waals surface area contributed by atoms with Crippen molar-refractivity contribution in [2.45, 2.75) is 52.1 Å². The summed E-state index contributed by atoms with van der Waals surface area (Å²) in [6, 6.07) is 8.06. The Kier molecular flexibility index (Phi) is 2.80. The molecular formula is C19H23NO3. The number of aryl methyl sites for hydroxylation is 1. The predicted molar refractivity (Wildman–Crippen MR) is 87.1 cm³/mol. The summed E-state index contributed by atoms with van der Waals surface area (Å²) in [4.78, 5) is 27.8. The van der Waals surface area contributed by atoms with Crippen molar-refractivity contribution in [1.82, 2.24) is 0 Å². The molecule has 1 amide bonds. The molecule has 1 aromatic rings. The van der Waals surface area contributed by atoms with Crippen molar-refractivity contribution in [1.29, 1.82) is 0 Å². The first kappa shape index (κ1) is 14.7. The highest BCUT2D eigenvalue weighted by Gasteiger charge is 2.76. The van der Waals surface area contributed by atoms with Crippen LogP contribution in [-0.4, -0.2) is 24.0 Å². The molecule has 2 bridgehead atoms. The number of rotatable bonds is 1. The van der Waals surface area contributed by atoms with E-state index in [1.54, 1.807) is 0 Å². The molecule has 1 saturated carbocycles. The largest absolute Gasteiger partial charge is 0.448 e. The molecule has 0 radical (unpaired) electrons. The summed E-state index contributed by atoms with van der Waals surface area (Å²) in [6.07, 6.45) is 3.29. The van der Waals surface area contributed by atoms with E-state index in [1.807, 2.05) is 43.9 Å². The summed E-state index contributed by atoms with van der Waals surface area (Å²) in [7, 11) is 0. The minimum atomic E-state index is -1.01. The molecule has 0 unspecified atom stereocenters. The Balaban J connectivity index is 1.78. The third-order valence-electron chi connectivity index (χ3n) is 6.78. The number of hydrogen-bond acceptors (Lipinski definition) is 3. The maximum absolute atomic E-state index is 13.5. The van der Waals surface area contributed by atoms with E-state index < -0.39 is 16.4 Å². The second-order valence-corrected chi connectivity index (χ2v) is 7.86. The van der Waals surface area contributed by atoms with Gasteiger partial charge in [0.2, 0.25) is 0 Å². The standard InChI is InChI=1S/C19H23NO3/c1-17(2)18(3)10-11-19(17,23-16(18)22)15(21)20-12-6-8-13-7-4-5-9-14(13)20/h4-5,7,9H,6,8,10-12H2,1-3H3/t18-,19+/m0/s1. The van der Waals surface area contributed by atoms with Crippen LogP contribution in [0.4, 0.5) is 5.69 Å². The van der Waals surface area contributed by atoms with Crippen molar-refractivity contribution in [3.63, 3.8) is 0 Å². The lowest BCUT2D eigenvalue weighted by Crippen LogP contribution is -2.56. The lowest BCUT2D eigenvalue weighted by atomic mass is 9.66. The number of hydrogen-bond donors (Lipinski definition) is 0. The molecule has 2 aliphatic heterocycles. The van der Waals surface area contributed by atoms with Crippen molar-refractivity contribution >= 4 is 17.6 Å². The number of fused-ring (bicyclic) bond motifs is 3. The average molecular weight is 313 g/mol. The van der Waals surface area contributed by atoms with Gasteiger partial charge in [-0.1, -0.05) is 32.0 Å². The van der Waals surface area contributed by atoms with Crippen molar-refractivity contribution in [2.75, 3.05) is 11.4 Å². The van der Waals surface area contributed by atoms with Crippen molar-refractivity contribution < 1.29 is 14.3 Å². The van der Waals surface area contributed by atoms with Crippen LogP contribution in [0.5, 0.6) is 0 Å². The Bertz CT molecular complexity index is 710. The van der Waals surface area contributed by atoms with Crippen LogP contribution in [0.15, 0.2) is 24.3 Å². The summed E-state index contributed by atoms with van der Waals surface area (Å²) in [5.41, 5.74) is 0.124. The Morgan fingerprint density at radius 1 is 1.17 bits per heavy atom. The zero-order valence-corrected chi connectivity index (χ0v) is 14.0. The first-order valence-electron chi connectivity index (χ1n) is 8.47. The molecule has 1 aliphatic carbocycles. The van der Waals surface area contributed by atoms with Gasteiger partial charge in [-0.15, -0.1) is 0 Å². The number of carbonyl (C=O) groups excluding carboxylic acids is 2. The Hall–Kier alpha value is -1.84. The summed E-state index contributed by atoms with van der Waals surface area (Å²) >= 11 is 0. The van der Waals surface area contributed by atoms with Gasteiger partial charge in [0.25, 0.3) is 5.91 Å². The number of carbonyl (C=O) groups is 2. The molecule has 4 nitrogen and oxygen atoms in total. The molecule has 1 saturated heterocycles. The molecule has 3 aliphatic rings. The van der Waals surface area contributed by atoms with Gasteiger partial charge >= 0.3 is 5.97 Å². The van der Waals surface area contributed by atoms with Crippen molar-refractivity contribution in [3.8, 4) is 0 Å². The first-order valence-corrected chi connectivity index (χ1v) is 8.47. The van der Waals surface area contributed by atoms with Gasteiger partial charge in [-0.3, -0.25) is 9.59 Å². The van der Waals surface area contributed by atoms with Gasteiger partial charge in [-0.2, -0.15) is 0 Å². The summed E-state index contributed by atoms with van der Waals surface area (Å²) in [5, 5.41) is 0. The molecule has 4 heteroatoms. The van der Waals surface area contributed by atoms with Crippen LogP contribution < -0.4 is 4.90 Å². The molecular weight excluding hydrogens is 290 g/mol. The molecule has 2 fully saturated rings. The topological polar surface area (TPSA) is 46.6 Å². The van der Waals surface area contributed by atoms with Crippen LogP contribution in [0, 0.1) is 10.8 Å². The normalized spacial score (nSPS) is 34.2. The lowest BCUT2D eigenvalue weighted by Gasteiger charge is -2.40. The van der Waals surface area contributed by atoms with Crippen LogP contribution in [0.25, 0.3) is 0 Å². The number of amides is 1. The smallest absolute Gasteiger partial charge is 0.313 e. The second-order valence-electron chi connectivity index (χ2n) is 7.86. The molecule has 122 valence electrons. The highest BCUT2D eigenvalue weighted by molar-refractivity contribution is 6.05. The summed E-state index contributed by atoms with van der Waals surface area (Å²) < 4.78 is 5.77. The van der Waals surface area contributed by atoms with Gasteiger partial charge in [0.05, 0.1) is 5.41 Å². The minimum Gasteiger partial charge on any atom is -0.448 e. The van der Waals surface area contributed by atoms with Crippen LogP contribution in [-0.2, 0) is 20.7 Å². The van der Waals surface area contributed by atoms with Crippen LogP contribution in [0.1, 0.15) is 45.6 Å². The molecule has 0 spiro atoms. The van der Waals surface area contributed by atoms with Crippen molar-refractivity contribution in [3.05, 3.63) is 29.8 Å².